The maximum Gasteiger partial charge on any atom is 0.101 e. The Morgan fingerprint density at radius 1 is 1.33 bits per heavy atom. The maximum absolute atomic E-state index is 8.95. The number of hydrogen-bond donors (Lipinski definition) is 0. The second-order valence-electron chi connectivity index (χ2n) is 3.11. The van der Waals surface area contributed by atoms with Gasteiger partial charge in [0, 0.05) is 18.0 Å². The molecule has 2 heterocycles. The van der Waals surface area contributed by atoms with Gasteiger partial charge in [-0.25, -0.2) is 0 Å². The largest absolute Gasteiger partial charge is 0.255 e. The molecule has 0 aliphatic heterocycles. The molecule has 3 nitrogen and oxygen atoms in total. The molecule has 2 aromatic rings. The number of hydrogen-bond acceptors (Lipinski definition) is 3. The van der Waals surface area contributed by atoms with Gasteiger partial charge in [-0.3, -0.25) is 9.97 Å². The van der Waals surface area contributed by atoms with Crippen LogP contribution in [0.3, 0.4) is 0 Å². The maximum atomic E-state index is 8.95. The summed E-state index contributed by atoms with van der Waals surface area (Å²) in [6.45, 7) is 1.90. The first-order valence-corrected chi connectivity index (χ1v) is 4.51. The highest BCUT2D eigenvalue weighted by Gasteiger charge is 2.07. The van der Waals surface area contributed by atoms with Crippen LogP contribution in [0.5, 0.6) is 0 Å². The first-order chi connectivity index (χ1) is 7.33. The van der Waals surface area contributed by atoms with Gasteiger partial charge in [-0.2, -0.15) is 5.26 Å². The zero-order valence-electron chi connectivity index (χ0n) is 8.23. The molecule has 71 valence electrons. The van der Waals surface area contributed by atoms with Crippen molar-refractivity contribution in [1.82, 2.24) is 9.97 Å². The molecule has 0 unspecified atom stereocenters. The van der Waals surface area contributed by atoms with E-state index in [0.717, 1.165) is 11.1 Å². The normalized spacial score (nSPS) is 9.60. The Morgan fingerprint density at radius 3 is 2.93 bits per heavy atom. The summed E-state index contributed by atoms with van der Waals surface area (Å²) < 4.78 is 0. The fourth-order valence-corrected chi connectivity index (χ4v) is 1.40. The molecule has 2 aromatic heterocycles. The number of aromatic nitrogens is 2. The molecule has 0 atom stereocenters. The number of aryl methyl sites for hydroxylation is 1. The van der Waals surface area contributed by atoms with Crippen LogP contribution in [-0.4, -0.2) is 9.97 Å². The van der Waals surface area contributed by atoms with Gasteiger partial charge in [0.05, 0.1) is 17.5 Å². The van der Waals surface area contributed by atoms with Crippen LogP contribution in [0.15, 0.2) is 30.6 Å². The zero-order chi connectivity index (χ0) is 10.7. The first-order valence-electron chi connectivity index (χ1n) is 4.51. The van der Waals surface area contributed by atoms with Gasteiger partial charge in [0.25, 0.3) is 0 Å². The molecule has 2 rings (SSSR count). The van der Waals surface area contributed by atoms with Crippen molar-refractivity contribution in [3.63, 3.8) is 0 Å². The molecule has 3 heteroatoms. The van der Waals surface area contributed by atoms with E-state index in [1.165, 1.54) is 0 Å². The molecule has 0 bridgehead atoms. The second kappa shape index (κ2) is 3.89. The summed E-state index contributed by atoms with van der Waals surface area (Å²) in [4.78, 5) is 8.10. The minimum Gasteiger partial charge on any atom is -0.255 e. The highest BCUT2D eigenvalue weighted by molar-refractivity contribution is 5.68. The lowest BCUT2D eigenvalue weighted by atomic mass is 10.0. The summed E-state index contributed by atoms with van der Waals surface area (Å²) in [5.41, 5.74) is 3.06. The minimum atomic E-state index is 0.570. The van der Waals surface area contributed by atoms with Gasteiger partial charge >= 0.3 is 0 Å². The molecule has 1 radical (unpaired) electrons. The lowest BCUT2D eigenvalue weighted by Crippen LogP contribution is -1.91. The summed E-state index contributed by atoms with van der Waals surface area (Å²) in [6.07, 6.45) is 6.18. The van der Waals surface area contributed by atoms with E-state index >= 15 is 0 Å². The van der Waals surface area contributed by atoms with Gasteiger partial charge in [0.15, 0.2) is 0 Å². The predicted molar refractivity (Wildman–Crippen MR) is 55.8 cm³/mol. The van der Waals surface area contributed by atoms with Crippen molar-refractivity contribution in [2.75, 3.05) is 0 Å². The van der Waals surface area contributed by atoms with Crippen molar-refractivity contribution in [2.24, 2.45) is 0 Å². The Labute approximate surface area is 88.1 Å². The smallest absolute Gasteiger partial charge is 0.101 e. The van der Waals surface area contributed by atoms with Crippen LogP contribution in [0.4, 0.5) is 0 Å². The minimum absolute atomic E-state index is 0.570. The van der Waals surface area contributed by atoms with Crippen LogP contribution in [-0.2, 0) is 0 Å². The second-order valence-corrected chi connectivity index (χ2v) is 3.11. The molecule has 15 heavy (non-hydrogen) atoms. The quantitative estimate of drug-likeness (QED) is 0.698. The number of nitrogens with zero attached hydrogens (tertiary/aromatic N) is 3. The fraction of sp³-hybridized carbons (Fsp3) is 0.0833. The Morgan fingerprint density at radius 2 is 2.20 bits per heavy atom. The van der Waals surface area contributed by atoms with Crippen molar-refractivity contribution >= 4 is 0 Å². The van der Waals surface area contributed by atoms with Crippen LogP contribution in [0.1, 0.15) is 11.1 Å². The average molecular weight is 194 g/mol. The third kappa shape index (κ3) is 1.70. The molecule has 0 aromatic carbocycles. The molecule has 0 aliphatic rings. The summed E-state index contributed by atoms with van der Waals surface area (Å²) in [5.74, 6) is 0. The highest BCUT2D eigenvalue weighted by atomic mass is 14.7. The summed E-state index contributed by atoms with van der Waals surface area (Å²) >= 11 is 0. The monoisotopic (exact) mass is 194 g/mol. The van der Waals surface area contributed by atoms with Crippen molar-refractivity contribution in [3.8, 4) is 17.3 Å². The van der Waals surface area contributed by atoms with E-state index in [9.17, 15) is 0 Å². The van der Waals surface area contributed by atoms with Gasteiger partial charge in [0.2, 0.25) is 0 Å². The average Bonchev–Trinajstić information content (AvgIpc) is 2.30. The standard InChI is InChI=1S/C12H8N3/c1-9-8-14-6-4-11(9)12-10(7-13)3-2-5-15-12/h2-6H,1H3. The van der Waals surface area contributed by atoms with E-state index in [4.69, 9.17) is 5.26 Å². The lowest BCUT2D eigenvalue weighted by molar-refractivity contribution is 1.22. The summed E-state index contributed by atoms with van der Waals surface area (Å²) in [5, 5.41) is 8.95. The molecule has 0 saturated carbocycles. The molecule has 0 amide bonds. The van der Waals surface area contributed by atoms with Crippen molar-refractivity contribution < 1.29 is 0 Å². The third-order valence-corrected chi connectivity index (χ3v) is 2.14. The number of nitriles is 1. The van der Waals surface area contributed by atoms with Gasteiger partial charge < -0.3 is 0 Å². The molecular formula is C12H8N3. The molecule has 0 N–H and O–H groups in total. The number of rotatable bonds is 1. The Balaban J connectivity index is 2.65. The van der Waals surface area contributed by atoms with E-state index in [1.54, 1.807) is 24.5 Å². The SMILES string of the molecule is Cc1[c]nccc1-c1ncccc1C#N. The van der Waals surface area contributed by atoms with Crippen molar-refractivity contribution in [2.45, 2.75) is 6.92 Å². The summed E-state index contributed by atoms with van der Waals surface area (Å²) in [6, 6.07) is 7.47. The zero-order valence-corrected chi connectivity index (χ0v) is 8.23. The van der Waals surface area contributed by atoms with E-state index < -0.39 is 0 Å². The van der Waals surface area contributed by atoms with Crippen LogP contribution in [0.25, 0.3) is 11.3 Å². The van der Waals surface area contributed by atoms with E-state index in [2.05, 4.69) is 22.2 Å². The van der Waals surface area contributed by atoms with Crippen LogP contribution < -0.4 is 0 Å². The van der Waals surface area contributed by atoms with Gasteiger partial charge in [-0.1, -0.05) is 0 Å². The molecule has 0 spiro atoms. The van der Waals surface area contributed by atoms with E-state index in [1.807, 2.05) is 13.0 Å². The summed E-state index contributed by atoms with van der Waals surface area (Å²) in [7, 11) is 0. The number of pyridine rings is 2. The Hall–Kier alpha value is -2.21. The Bertz CT molecular complexity index is 526. The molecule has 0 saturated heterocycles. The van der Waals surface area contributed by atoms with Gasteiger partial charge in [-0.05, 0) is 30.7 Å². The van der Waals surface area contributed by atoms with E-state index in [0.29, 0.717) is 11.3 Å². The van der Waals surface area contributed by atoms with E-state index in [-0.39, 0.29) is 0 Å². The Kier molecular flexibility index (Phi) is 2.42. The predicted octanol–water partition coefficient (Wildman–Crippen LogP) is 2.12. The van der Waals surface area contributed by atoms with Crippen LogP contribution in [0, 0.1) is 24.5 Å². The van der Waals surface area contributed by atoms with Crippen LogP contribution >= 0.6 is 0 Å². The molecule has 0 aliphatic carbocycles. The molecule has 0 fully saturated rings. The fourth-order valence-electron chi connectivity index (χ4n) is 1.40. The topological polar surface area (TPSA) is 49.6 Å². The van der Waals surface area contributed by atoms with Gasteiger partial charge in [-0.15, -0.1) is 0 Å². The lowest BCUT2D eigenvalue weighted by Gasteiger charge is -2.04. The van der Waals surface area contributed by atoms with Gasteiger partial charge in [0.1, 0.15) is 6.07 Å². The van der Waals surface area contributed by atoms with Crippen molar-refractivity contribution in [1.29, 1.82) is 5.26 Å². The van der Waals surface area contributed by atoms with Crippen LogP contribution in [0.2, 0.25) is 0 Å². The molecular weight excluding hydrogens is 186 g/mol. The van der Waals surface area contributed by atoms with Crippen molar-refractivity contribution in [3.05, 3.63) is 47.9 Å². The highest BCUT2D eigenvalue weighted by Crippen LogP contribution is 2.22. The third-order valence-electron chi connectivity index (χ3n) is 2.14. The first kappa shape index (κ1) is 9.35.